The smallest absolute Gasteiger partial charge is 0.319 e. The molecule has 0 saturated heterocycles. The zero-order valence-electron chi connectivity index (χ0n) is 8.90. The Labute approximate surface area is 96.9 Å². The van der Waals surface area contributed by atoms with Crippen molar-refractivity contribution in [3.05, 3.63) is 5.69 Å². The van der Waals surface area contributed by atoms with E-state index in [4.69, 9.17) is 10.8 Å². The van der Waals surface area contributed by atoms with Gasteiger partial charge in [0.2, 0.25) is 0 Å². The number of aromatic nitrogens is 1. The van der Waals surface area contributed by atoms with Crippen molar-refractivity contribution >= 4 is 34.2 Å². The predicted molar refractivity (Wildman–Crippen MR) is 63.5 cm³/mol. The minimum Gasteiger partial charge on any atom is -0.480 e. The number of nitrogens with zero attached hydrogens (tertiary/aromatic N) is 1. The maximum Gasteiger partial charge on any atom is 0.319 e. The van der Waals surface area contributed by atoms with Crippen molar-refractivity contribution in [2.45, 2.75) is 36.1 Å². The third-order valence-electron chi connectivity index (χ3n) is 2.22. The molecule has 0 radical (unpaired) electrons. The molecule has 6 heteroatoms. The van der Waals surface area contributed by atoms with E-state index in [-0.39, 0.29) is 0 Å². The van der Waals surface area contributed by atoms with E-state index in [0.29, 0.717) is 11.6 Å². The maximum atomic E-state index is 11.1. The molecule has 0 spiro atoms. The fourth-order valence-electron chi connectivity index (χ4n) is 0.969. The number of carbonyl (C=O) groups is 1. The lowest BCUT2D eigenvalue weighted by Crippen LogP contribution is -2.30. The van der Waals surface area contributed by atoms with Gasteiger partial charge in [-0.2, -0.15) is 0 Å². The van der Waals surface area contributed by atoms with Gasteiger partial charge in [-0.15, -0.1) is 0 Å². The van der Waals surface area contributed by atoms with Gasteiger partial charge in [-0.1, -0.05) is 30.0 Å². The van der Waals surface area contributed by atoms with Gasteiger partial charge >= 0.3 is 5.97 Å². The van der Waals surface area contributed by atoms with Crippen molar-refractivity contribution < 1.29 is 9.90 Å². The molecule has 1 unspecified atom stereocenters. The number of rotatable bonds is 4. The molecule has 15 heavy (non-hydrogen) atoms. The monoisotopic (exact) mass is 246 g/mol. The Morgan fingerprint density at radius 3 is 2.67 bits per heavy atom. The van der Waals surface area contributed by atoms with E-state index in [9.17, 15) is 4.79 Å². The highest BCUT2D eigenvalue weighted by Gasteiger charge is 2.33. The lowest BCUT2D eigenvalue weighted by atomic mass is 10.1. The molecule has 1 aromatic heterocycles. The molecule has 1 heterocycles. The number of carboxylic acids is 1. The van der Waals surface area contributed by atoms with Crippen LogP contribution in [-0.4, -0.2) is 20.8 Å². The van der Waals surface area contributed by atoms with Crippen LogP contribution in [0.25, 0.3) is 0 Å². The van der Waals surface area contributed by atoms with Crippen LogP contribution in [0, 0.1) is 6.92 Å². The topological polar surface area (TPSA) is 76.2 Å². The van der Waals surface area contributed by atoms with Gasteiger partial charge in [0.1, 0.15) is 4.75 Å². The van der Waals surface area contributed by atoms with Crippen LogP contribution in [0.15, 0.2) is 4.21 Å². The number of aryl methyl sites for hydroxylation is 1. The molecule has 84 valence electrons. The first-order valence-corrected chi connectivity index (χ1v) is 6.17. The maximum absolute atomic E-state index is 11.1. The summed E-state index contributed by atoms with van der Waals surface area (Å²) in [6.07, 6.45) is 0.560. The van der Waals surface area contributed by atoms with E-state index < -0.39 is 10.7 Å². The highest BCUT2D eigenvalue weighted by Crippen LogP contribution is 2.41. The molecule has 0 amide bonds. The van der Waals surface area contributed by atoms with Gasteiger partial charge in [-0.05, 0) is 20.3 Å². The molecule has 0 aliphatic heterocycles. The van der Waals surface area contributed by atoms with E-state index in [1.54, 1.807) is 6.92 Å². The molecule has 0 aliphatic rings. The summed E-state index contributed by atoms with van der Waals surface area (Å²) in [6, 6.07) is 0. The lowest BCUT2D eigenvalue weighted by molar-refractivity contribution is -0.139. The van der Waals surface area contributed by atoms with Crippen molar-refractivity contribution in [2.24, 2.45) is 0 Å². The van der Waals surface area contributed by atoms with Gasteiger partial charge in [0.25, 0.3) is 0 Å². The number of anilines is 1. The quantitative estimate of drug-likeness (QED) is 0.798. The number of hydrogen-bond acceptors (Lipinski definition) is 5. The second-order valence-electron chi connectivity index (χ2n) is 3.42. The van der Waals surface area contributed by atoms with Gasteiger partial charge in [0, 0.05) is 0 Å². The average Bonchev–Trinajstić information content (AvgIpc) is 2.44. The molecule has 0 fully saturated rings. The zero-order chi connectivity index (χ0) is 11.6. The van der Waals surface area contributed by atoms with E-state index in [1.807, 2.05) is 13.8 Å². The first-order chi connectivity index (χ1) is 6.89. The molecule has 4 nitrogen and oxygen atoms in total. The molecule has 3 N–H and O–H groups in total. The molecular weight excluding hydrogens is 232 g/mol. The fraction of sp³-hybridized carbons (Fsp3) is 0.556. The summed E-state index contributed by atoms with van der Waals surface area (Å²) in [5, 5.41) is 9.61. The van der Waals surface area contributed by atoms with Gasteiger partial charge in [0.05, 0.1) is 9.90 Å². The fourth-order valence-corrected chi connectivity index (χ4v) is 3.34. The van der Waals surface area contributed by atoms with E-state index in [1.165, 1.54) is 23.1 Å². The van der Waals surface area contributed by atoms with Crippen LogP contribution in [0.3, 0.4) is 0 Å². The summed E-state index contributed by atoms with van der Waals surface area (Å²) in [7, 11) is 0. The van der Waals surface area contributed by atoms with Crippen molar-refractivity contribution in [3.63, 3.8) is 0 Å². The van der Waals surface area contributed by atoms with E-state index in [0.717, 1.165) is 9.90 Å². The minimum atomic E-state index is -0.804. The van der Waals surface area contributed by atoms with Crippen LogP contribution in [-0.2, 0) is 4.79 Å². The molecule has 1 atom stereocenters. The van der Waals surface area contributed by atoms with Crippen LogP contribution < -0.4 is 5.73 Å². The van der Waals surface area contributed by atoms with E-state index in [2.05, 4.69) is 4.98 Å². The SMILES string of the molecule is CCC(C)(Sc1sc(N)nc1C)C(=O)O. The standard InChI is InChI=1S/C9H14N2O2S2/c1-4-9(3,7(12)13)15-6-5(2)11-8(10)14-6/h4H2,1-3H3,(H2,10,11)(H,12,13). The number of carboxylic acid groups (broad SMARTS) is 1. The molecular formula is C9H14N2O2S2. The van der Waals surface area contributed by atoms with Gasteiger partial charge in [-0.3, -0.25) is 4.79 Å². The highest BCUT2D eigenvalue weighted by atomic mass is 32.2. The Hall–Kier alpha value is -0.750. The van der Waals surface area contributed by atoms with Crippen molar-refractivity contribution in [3.8, 4) is 0 Å². The molecule has 0 aliphatic carbocycles. The number of thioether (sulfide) groups is 1. The second kappa shape index (κ2) is 4.40. The number of nitrogen functional groups attached to an aromatic ring is 1. The molecule has 1 rings (SSSR count). The number of nitrogens with two attached hydrogens (primary N) is 1. The summed E-state index contributed by atoms with van der Waals surface area (Å²) in [5.74, 6) is -0.804. The number of thiazole rings is 1. The van der Waals surface area contributed by atoms with Gasteiger partial charge in [0.15, 0.2) is 5.13 Å². The number of aliphatic carboxylic acids is 1. The Balaban J connectivity index is 2.93. The average molecular weight is 246 g/mol. The van der Waals surface area contributed by atoms with Crippen LogP contribution in [0.5, 0.6) is 0 Å². The minimum absolute atomic E-state index is 0.485. The molecule has 0 bridgehead atoms. The van der Waals surface area contributed by atoms with Crippen LogP contribution in [0.1, 0.15) is 26.0 Å². The molecule has 0 aromatic carbocycles. The third kappa shape index (κ3) is 2.63. The highest BCUT2D eigenvalue weighted by molar-refractivity contribution is 8.03. The van der Waals surface area contributed by atoms with Crippen LogP contribution in [0.4, 0.5) is 5.13 Å². The normalized spacial score (nSPS) is 14.9. The van der Waals surface area contributed by atoms with Crippen LogP contribution >= 0.6 is 23.1 Å². The van der Waals surface area contributed by atoms with Gasteiger partial charge in [-0.25, -0.2) is 4.98 Å². The summed E-state index contributed by atoms with van der Waals surface area (Å²) in [5.41, 5.74) is 6.37. The second-order valence-corrected chi connectivity index (χ2v) is 6.22. The first kappa shape index (κ1) is 12.3. The summed E-state index contributed by atoms with van der Waals surface area (Å²) < 4.78 is 0.0863. The third-order valence-corrected chi connectivity index (χ3v) is 4.89. The van der Waals surface area contributed by atoms with Crippen molar-refractivity contribution in [1.29, 1.82) is 0 Å². The van der Waals surface area contributed by atoms with Crippen molar-refractivity contribution in [2.75, 3.05) is 5.73 Å². The Morgan fingerprint density at radius 2 is 2.33 bits per heavy atom. The van der Waals surface area contributed by atoms with E-state index >= 15 is 0 Å². The Bertz CT molecular complexity index is 378. The first-order valence-electron chi connectivity index (χ1n) is 4.54. The van der Waals surface area contributed by atoms with Crippen molar-refractivity contribution in [1.82, 2.24) is 4.98 Å². The molecule has 0 saturated carbocycles. The van der Waals surface area contributed by atoms with Crippen LogP contribution in [0.2, 0.25) is 0 Å². The Morgan fingerprint density at radius 1 is 1.73 bits per heavy atom. The zero-order valence-corrected chi connectivity index (χ0v) is 10.5. The lowest BCUT2D eigenvalue weighted by Gasteiger charge is -2.21. The summed E-state index contributed by atoms with van der Waals surface area (Å²) in [6.45, 7) is 5.42. The summed E-state index contributed by atoms with van der Waals surface area (Å²) >= 11 is 2.66. The predicted octanol–water partition coefficient (Wildman–Crippen LogP) is 2.38. The summed E-state index contributed by atoms with van der Waals surface area (Å²) in [4.78, 5) is 15.2. The number of hydrogen-bond donors (Lipinski definition) is 2. The largest absolute Gasteiger partial charge is 0.480 e. The molecule has 1 aromatic rings. The van der Waals surface area contributed by atoms with Gasteiger partial charge < -0.3 is 10.8 Å². The Kier molecular flexibility index (Phi) is 3.62.